The van der Waals surface area contributed by atoms with Crippen molar-refractivity contribution in [3.63, 3.8) is 0 Å². The van der Waals surface area contributed by atoms with Gasteiger partial charge < -0.3 is 10.2 Å². The summed E-state index contributed by atoms with van der Waals surface area (Å²) in [5, 5.41) is 3.83. The van der Waals surface area contributed by atoms with Crippen LogP contribution in [0.25, 0.3) is 0 Å². The fourth-order valence-electron chi connectivity index (χ4n) is 3.85. The van der Waals surface area contributed by atoms with Crippen LogP contribution in [0, 0.1) is 5.82 Å². The van der Waals surface area contributed by atoms with E-state index >= 15 is 0 Å². The van der Waals surface area contributed by atoms with Crippen LogP contribution >= 0.6 is 34.8 Å². The second-order valence-electron chi connectivity index (χ2n) is 8.50. The predicted octanol–water partition coefficient (Wildman–Crippen LogP) is 6.88. The molecule has 3 aromatic carbocycles. The van der Waals surface area contributed by atoms with Crippen LogP contribution in [0.4, 0.5) is 4.39 Å². The molecule has 36 heavy (non-hydrogen) atoms. The lowest BCUT2D eigenvalue weighted by Crippen LogP contribution is -2.51. The van der Waals surface area contributed by atoms with Gasteiger partial charge in [-0.15, -0.1) is 0 Å². The molecule has 2 amide bonds. The zero-order valence-electron chi connectivity index (χ0n) is 19.9. The summed E-state index contributed by atoms with van der Waals surface area (Å²) in [6.07, 6.45) is 1.73. The summed E-state index contributed by atoms with van der Waals surface area (Å²) >= 11 is 18.5. The summed E-state index contributed by atoms with van der Waals surface area (Å²) < 4.78 is 14.5. The third-order valence-electron chi connectivity index (χ3n) is 5.83. The molecule has 0 heterocycles. The van der Waals surface area contributed by atoms with E-state index in [-0.39, 0.29) is 35.9 Å². The molecule has 0 aliphatic heterocycles. The molecule has 0 aliphatic carbocycles. The van der Waals surface area contributed by atoms with E-state index in [4.69, 9.17) is 34.8 Å². The van der Waals surface area contributed by atoms with Gasteiger partial charge in [-0.3, -0.25) is 9.59 Å². The number of benzene rings is 3. The molecule has 8 heteroatoms. The minimum absolute atomic E-state index is 0.0838. The van der Waals surface area contributed by atoms with E-state index in [1.165, 1.54) is 23.1 Å². The molecule has 1 unspecified atom stereocenters. The summed E-state index contributed by atoms with van der Waals surface area (Å²) in [6.45, 7) is 2.61. The van der Waals surface area contributed by atoms with E-state index in [2.05, 4.69) is 5.32 Å². The molecule has 3 aromatic rings. The highest BCUT2D eigenvalue weighted by atomic mass is 35.5. The highest BCUT2D eigenvalue weighted by Crippen LogP contribution is 2.26. The number of carbonyl (C=O) groups excluding carboxylic acids is 2. The van der Waals surface area contributed by atoms with Crippen LogP contribution in [-0.2, 0) is 29.0 Å². The number of unbranched alkanes of at least 4 members (excludes halogenated alkanes) is 1. The van der Waals surface area contributed by atoms with Gasteiger partial charge in [-0.2, -0.15) is 0 Å². The Labute approximate surface area is 226 Å². The molecule has 0 bridgehead atoms. The molecule has 190 valence electrons. The van der Waals surface area contributed by atoms with Crippen molar-refractivity contribution in [2.45, 2.75) is 45.2 Å². The summed E-state index contributed by atoms with van der Waals surface area (Å²) in [6, 6.07) is 18.0. The second-order valence-corrected chi connectivity index (χ2v) is 9.72. The fraction of sp³-hybridized carbons (Fsp3) is 0.286. The Balaban J connectivity index is 2.00. The number of nitrogens with one attached hydrogen (secondary N) is 1. The molecule has 0 aliphatic rings. The number of hydrogen-bond donors (Lipinski definition) is 1. The van der Waals surface area contributed by atoms with Gasteiger partial charge in [-0.25, -0.2) is 4.39 Å². The first-order valence-electron chi connectivity index (χ1n) is 11.8. The second kappa shape index (κ2) is 13.6. The summed E-state index contributed by atoms with van der Waals surface area (Å²) in [5.74, 6) is -1.28. The molecular weight excluding hydrogens is 522 g/mol. The lowest BCUT2D eigenvalue weighted by Gasteiger charge is -2.32. The van der Waals surface area contributed by atoms with Crippen molar-refractivity contribution in [1.29, 1.82) is 0 Å². The Morgan fingerprint density at radius 2 is 1.67 bits per heavy atom. The number of nitrogens with zero attached hydrogens (tertiary/aromatic N) is 1. The lowest BCUT2D eigenvalue weighted by atomic mass is 10.0. The van der Waals surface area contributed by atoms with Crippen molar-refractivity contribution >= 4 is 46.6 Å². The topological polar surface area (TPSA) is 49.4 Å². The van der Waals surface area contributed by atoms with Crippen LogP contribution in [0.1, 0.15) is 36.5 Å². The molecule has 1 atom stereocenters. The maximum Gasteiger partial charge on any atom is 0.243 e. The molecule has 0 saturated heterocycles. The van der Waals surface area contributed by atoms with Gasteiger partial charge in [-0.05, 0) is 41.8 Å². The SMILES string of the molecule is CCCCNC(=O)C(Cc1ccccc1)N(Cc1ccc(Cl)c(Cl)c1)C(=O)Cc1c(F)cccc1Cl. The Hall–Kier alpha value is -2.60. The van der Waals surface area contributed by atoms with Gasteiger partial charge in [0.1, 0.15) is 11.9 Å². The van der Waals surface area contributed by atoms with Gasteiger partial charge in [-0.1, -0.05) is 90.6 Å². The van der Waals surface area contributed by atoms with Gasteiger partial charge >= 0.3 is 0 Å². The normalized spacial score (nSPS) is 11.7. The summed E-state index contributed by atoms with van der Waals surface area (Å²) in [5.41, 5.74) is 1.67. The monoisotopic (exact) mass is 548 g/mol. The Morgan fingerprint density at radius 1 is 0.917 bits per heavy atom. The average molecular weight is 550 g/mol. The Morgan fingerprint density at radius 3 is 2.33 bits per heavy atom. The molecule has 1 N–H and O–H groups in total. The minimum atomic E-state index is -0.836. The van der Waals surface area contributed by atoms with E-state index < -0.39 is 17.8 Å². The molecule has 0 radical (unpaired) electrons. The highest BCUT2D eigenvalue weighted by molar-refractivity contribution is 6.42. The standard InChI is InChI=1S/C28H28Cl3FN2O2/c1-2-3-14-33-28(36)26(16-19-8-5-4-6-9-19)34(18-20-12-13-23(30)24(31)15-20)27(35)17-21-22(29)10-7-11-25(21)32/h4-13,15,26H,2-3,14,16-18H2,1H3,(H,33,36). The number of rotatable bonds is 11. The molecule has 0 aromatic heterocycles. The van der Waals surface area contributed by atoms with Crippen LogP contribution in [0.15, 0.2) is 66.7 Å². The average Bonchev–Trinajstić information content (AvgIpc) is 2.86. The van der Waals surface area contributed by atoms with Crippen LogP contribution in [0.2, 0.25) is 15.1 Å². The number of amides is 2. The smallest absolute Gasteiger partial charge is 0.243 e. The zero-order chi connectivity index (χ0) is 26.1. The molecule has 0 spiro atoms. The number of hydrogen-bond acceptors (Lipinski definition) is 2. The van der Waals surface area contributed by atoms with Gasteiger partial charge in [0.25, 0.3) is 0 Å². The summed E-state index contributed by atoms with van der Waals surface area (Å²) in [4.78, 5) is 28.6. The van der Waals surface area contributed by atoms with E-state index in [1.807, 2.05) is 37.3 Å². The maximum absolute atomic E-state index is 14.5. The molecule has 4 nitrogen and oxygen atoms in total. The number of carbonyl (C=O) groups is 2. The Kier molecular flexibility index (Phi) is 10.6. The van der Waals surface area contributed by atoms with Gasteiger partial charge in [0.2, 0.25) is 11.8 Å². The fourth-order valence-corrected chi connectivity index (χ4v) is 4.40. The van der Waals surface area contributed by atoms with Crippen molar-refractivity contribution in [3.8, 4) is 0 Å². The van der Waals surface area contributed by atoms with Crippen LogP contribution in [0.5, 0.6) is 0 Å². The van der Waals surface area contributed by atoms with Crippen LogP contribution < -0.4 is 5.32 Å². The van der Waals surface area contributed by atoms with E-state index in [0.29, 0.717) is 22.2 Å². The first-order valence-corrected chi connectivity index (χ1v) is 12.9. The van der Waals surface area contributed by atoms with Crippen molar-refractivity contribution in [2.75, 3.05) is 6.54 Å². The first-order chi connectivity index (χ1) is 17.3. The zero-order valence-corrected chi connectivity index (χ0v) is 22.2. The Bertz CT molecular complexity index is 1170. The van der Waals surface area contributed by atoms with Crippen LogP contribution in [0.3, 0.4) is 0 Å². The highest BCUT2D eigenvalue weighted by Gasteiger charge is 2.31. The van der Waals surface area contributed by atoms with E-state index in [1.54, 1.807) is 18.2 Å². The van der Waals surface area contributed by atoms with Crippen LogP contribution in [-0.4, -0.2) is 29.3 Å². The van der Waals surface area contributed by atoms with Gasteiger partial charge in [0.05, 0.1) is 16.5 Å². The predicted molar refractivity (Wildman–Crippen MR) is 144 cm³/mol. The van der Waals surface area contributed by atoms with E-state index in [9.17, 15) is 14.0 Å². The third-order valence-corrected chi connectivity index (χ3v) is 6.92. The molecule has 0 saturated carbocycles. The summed E-state index contributed by atoms with van der Waals surface area (Å²) in [7, 11) is 0. The van der Waals surface area contributed by atoms with Gasteiger partial charge in [0, 0.05) is 30.1 Å². The third kappa shape index (κ3) is 7.70. The van der Waals surface area contributed by atoms with Crippen molar-refractivity contribution in [3.05, 3.63) is 104 Å². The molecular formula is C28H28Cl3FN2O2. The number of halogens is 4. The lowest BCUT2D eigenvalue weighted by molar-refractivity contribution is -0.140. The maximum atomic E-state index is 14.5. The first kappa shape index (κ1) is 28.0. The van der Waals surface area contributed by atoms with Crippen molar-refractivity contribution < 1.29 is 14.0 Å². The minimum Gasteiger partial charge on any atom is -0.354 e. The van der Waals surface area contributed by atoms with E-state index in [0.717, 1.165) is 18.4 Å². The molecule has 3 rings (SSSR count). The largest absolute Gasteiger partial charge is 0.354 e. The van der Waals surface area contributed by atoms with Crippen molar-refractivity contribution in [1.82, 2.24) is 10.2 Å². The quantitative estimate of drug-likeness (QED) is 0.265. The van der Waals surface area contributed by atoms with Gasteiger partial charge in [0.15, 0.2) is 0 Å². The molecule has 0 fully saturated rings. The van der Waals surface area contributed by atoms with Crippen molar-refractivity contribution in [2.24, 2.45) is 0 Å².